The number of hydrogen-bond acceptors (Lipinski definition) is 2. The molecule has 0 spiro atoms. The summed E-state index contributed by atoms with van der Waals surface area (Å²) < 4.78 is 0. The van der Waals surface area contributed by atoms with Crippen molar-refractivity contribution in [1.29, 1.82) is 0 Å². The molecule has 0 aromatic heterocycles. The normalized spacial score (nSPS) is 10.9. The summed E-state index contributed by atoms with van der Waals surface area (Å²) in [5, 5.41) is 0.852. The predicted octanol–water partition coefficient (Wildman–Crippen LogP) is 4.62. The molecule has 0 nitrogen and oxygen atoms in total. The first-order valence-corrected chi connectivity index (χ1v) is 17.2. The maximum atomic E-state index is 5.65. The van der Waals surface area contributed by atoms with Crippen LogP contribution in [0, 0.1) is 0 Å². The Morgan fingerprint density at radius 2 is 0.548 bits per heavy atom. The standard InChI is InChI=1S/2C12H11PS2.Co/c2*14-13(15,11-7-3-1-4-8-11)12-9-5-2-6-10-12;/h2*1-10H,(H,14,15);/q;;+2. The smallest absolute Gasteiger partial charge is 0.691 e. The van der Waals surface area contributed by atoms with E-state index in [9.17, 15) is 0 Å². The fourth-order valence-corrected chi connectivity index (χ4v) is 8.78. The Balaban J connectivity index is 0.000000213. The first-order chi connectivity index (χ1) is 14.4. The van der Waals surface area contributed by atoms with Gasteiger partial charge >= 0.3 is 16.8 Å². The van der Waals surface area contributed by atoms with Gasteiger partial charge in [0.1, 0.15) is 23.6 Å². The molecule has 0 fully saturated rings. The summed E-state index contributed by atoms with van der Waals surface area (Å²) in [4.78, 5) is 0. The Morgan fingerprint density at radius 3 is 0.710 bits per heavy atom. The van der Waals surface area contributed by atoms with Crippen LogP contribution in [0.1, 0.15) is 0 Å². The van der Waals surface area contributed by atoms with Crippen LogP contribution in [0.15, 0.2) is 121 Å². The Morgan fingerprint density at radius 1 is 0.387 bits per heavy atom. The molecule has 0 heterocycles. The van der Waals surface area contributed by atoms with Crippen molar-refractivity contribution >= 4 is 79.8 Å². The Hall–Kier alpha value is -0.614. The molecule has 0 N–H and O–H groups in total. The molecular weight excluding hydrogens is 537 g/mol. The fourth-order valence-electron chi connectivity index (χ4n) is 2.82. The summed E-state index contributed by atoms with van der Waals surface area (Å²) >= 11 is 20.7. The number of benzene rings is 4. The van der Waals surface area contributed by atoms with E-state index in [1.807, 2.05) is 72.8 Å². The SMILES string of the molecule is [Co+2].[S-]P(=[SH+])(c1ccccc1)c1ccccc1.[S-]P(=[SH+])(c1ccccc1)c1ccccc1. The quantitative estimate of drug-likeness (QED) is 0.155. The molecule has 4 aromatic rings. The van der Waals surface area contributed by atoms with Gasteiger partial charge in [-0.3, -0.25) is 0 Å². The first-order valence-electron chi connectivity index (χ1n) is 9.30. The van der Waals surface area contributed by atoms with Crippen LogP contribution < -0.4 is 21.2 Å². The monoisotopic (exact) mass is 559 g/mol. The predicted molar refractivity (Wildman–Crippen MR) is 150 cm³/mol. The number of rotatable bonds is 4. The summed E-state index contributed by atoms with van der Waals surface area (Å²) in [6.45, 7) is 0. The van der Waals surface area contributed by atoms with Crippen molar-refractivity contribution in [3.8, 4) is 0 Å². The molecule has 0 saturated carbocycles. The third-order valence-corrected chi connectivity index (χ3v) is 13.7. The molecule has 159 valence electrons. The summed E-state index contributed by atoms with van der Waals surface area (Å²) in [7, 11) is 0. The molecule has 0 amide bonds. The summed E-state index contributed by atoms with van der Waals surface area (Å²) in [5.74, 6) is 0. The third kappa shape index (κ3) is 7.18. The molecular formula is C24H22CoP2S4+2. The molecule has 4 aromatic carbocycles. The van der Waals surface area contributed by atoms with Crippen molar-refractivity contribution in [2.24, 2.45) is 0 Å². The summed E-state index contributed by atoms with van der Waals surface area (Å²) in [5.41, 5.74) is 0. The molecule has 31 heavy (non-hydrogen) atoms. The second-order valence-electron chi connectivity index (χ2n) is 6.49. The Bertz CT molecular complexity index is 973. The maximum Gasteiger partial charge on any atom is 2.00 e. The molecule has 0 bridgehead atoms. The molecule has 4 rings (SSSR count). The van der Waals surface area contributed by atoms with Gasteiger partial charge in [0, 0.05) is 21.2 Å². The van der Waals surface area contributed by atoms with E-state index >= 15 is 0 Å². The van der Waals surface area contributed by atoms with Crippen molar-refractivity contribution in [1.82, 2.24) is 0 Å². The molecule has 0 unspecified atom stereocenters. The number of hydrogen-bond donors (Lipinski definition) is 0. The minimum absolute atomic E-state index is 0. The molecule has 0 aliphatic heterocycles. The van der Waals surface area contributed by atoms with Crippen LogP contribution in [0.3, 0.4) is 0 Å². The largest absolute Gasteiger partial charge is 2.00 e. The van der Waals surface area contributed by atoms with Crippen molar-refractivity contribution in [3.05, 3.63) is 121 Å². The Labute approximate surface area is 216 Å². The van der Waals surface area contributed by atoms with E-state index in [0.717, 1.165) is 21.2 Å². The van der Waals surface area contributed by atoms with Crippen LogP contribution in [-0.2, 0) is 64.9 Å². The van der Waals surface area contributed by atoms with Crippen molar-refractivity contribution in [2.45, 2.75) is 0 Å². The van der Waals surface area contributed by atoms with Gasteiger partial charge in [0.25, 0.3) is 0 Å². The van der Waals surface area contributed by atoms with E-state index in [0.29, 0.717) is 0 Å². The minimum atomic E-state index is -1.87. The molecule has 0 saturated heterocycles. The zero-order valence-electron chi connectivity index (χ0n) is 16.5. The average Bonchev–Trinajstić information content (AvgIpc) is 2.82. The topological polar surface area (TPSA) is 0 Å². The third-order valence-electron chi connectivity index (χ3n) is 4.42. The van der Waals surface area contributed by atoms with Gasteiger partial charge in [0.05, 0.1) is 10.5 Å². The van der Waals surface area contributed by atoms with Gasteiger partial charge in [-0.25, -0.2) is 0 Å². The van der Waals surface area contributed by atoms with Gasteiger partial charge in [-0.1, -0.05) is 121 Å². The van der Waals surface area contributed by atoms with Crippen molar-refractivity contribution in [3.63, 3.8) is 0 Å². The zero-order valence-corrected chi connectivity index (χ0v) is 22.7. The molecule has 1 radical (unpaired) electrons. The Kier molecular flexibility index (Phi) is 10.8. The van der Waals surface area contributed by atoms with Gasteiger partial charge in [-0.05, 0) is 0 Å². The fraction of sp³-hybridized carbons (Fsp3) is 0. The first kappa shape index (κ1) is 26.6. The summed E-state index contributed by atoms with van der Waals surface area (Å²) in [6, 6.07) is 40.5. The van der Waals surface area contributed by atoms with Crippen LogP contribution in [0.25, 0.3) is 0 Å². The zero-order chi connectivity index (χ0) is 21.5. The van der Waals surface area contributed by atoms with E-state index in [1.165, 1.54) is 0 Å². The van der Waals surface area contributed by atoms with E-state index in [2.05, 4.69) is 48.5 Å². The van der Waals surface area contributed by atoms with Gasteiger partial charge in [0.15, 0.2) is 0 Å². The van der Waals surface area contributed by atoms with Crippen LogP contribution in [-0.4, -0.2) is 0 Å². The van der Waals surface area contributed by atoms with E-state index in [4.69, 9.17) is 48.1 Å². The van der Waals surface area contributed by atoms with Crippen LogP contribution in [0.2, 0.25) is 0 Å². The average molecular weight is 560 g/mol. The van der Waals surface area contributed by atoms with Crippen LogP contribution in [0.4, 0.5) is 0 Å². The summed E-state index contributed by atoms with van der Waals surface area (Å²) in [6.07, 6.45) is 0. The second-order valence-corrected chi connectivity index (χ2v) is 19.4. The van der Waals surface area contributed by atoms with Crippen molar-refractivity contribution in [2.75, 3.05) is 0 Å². The van der Waals surface area contributed by atoms with Gasteiger partial charge in [-0.2, -0.15) is 0 Å². The van der Waals surface area contributed by atoms with Crippen molar-refractivity contribution < 1.29 is 16.8 Å². The van der Waals surface area contributed by atoms with Gasteiger partial charge in [0.2, 0.25) is 0 Å². The van der Waals surface area contributed by atoms with Crippen LogP contribution >= 0.6 is 10.5 Å². The second kappa shape index (κ2) is 12.6. The molecule has 0 atom stereocenters. The van der Waals surface area contributed by atoms with Gasteiger partial charge < -0.3 is 24.5 Å². The van der Waals surface area contributed by atoms with E-state index in [-0.39, 0.29) is 16.8 Å². The minimum Gasteiger partial charge on any atom is -0.691 e. The van der Waals surface area contributed by atoms with Crippen LogP contribution in [0.5, 0.6) is 0 Å². The van der Waals surface area contributed by atoms with E-state index < -0.39 is 10.5 Å². The molecule has 0 aliphatic carbocycles. The van der Waals surface area contributed by atoms with Gasteiger partial charge in [-0.15, -0.1) is 0 Å². The van der Waals surface area contributed by atoms with E-state index in [1.54, 1.807) is 0 Å². The molecule has 0 aliphatic rings. The maximum absolute atomic E-state index is 5.65. The molecule has 7 heteroatoms. The number of thiol groups is 2.